The predicted molar refractivity (Wildman–Crippen MR) is 102 cm³/mol. The second kappa shape index (κ2) is 6.97. The van der Waals surface area contributed by atoms with Crippen LogP contribution in [0.5, 0.6) is 0 Å². The molecule has 0 aliphatic rings. The fraction of sp³-hybridized carbons (Fsp3) is 0.105. The van der Waals surface area contributed by atoms with Crippen molar-refractivity contribution in [2.24, 2.45) is 0 Å². The Morgan fingerprint density at radius 3 is 2.77 bits per heavy atom. The molecule has 1 aromatic carbocycles. The van der Waals surface area contributed by atoms with Gasteiger partial charge in [-0.1, -0.05) is 12.1 Å². The Kier molecular flexibility index (Phi) is 4.37. The van der Waals surface area contributed by atoms with Crippen molar-refractivity contribution < 1.29 is 4.79 Å². The lowest BCUT2D eigenvalue weighted by Crippen LogP contribution is -2.12. The Labute approximate surface area is 154 Å². The van der Waals surface area contributed by atoms with E-state index in [1.807, 2.05) is 47.2 Å². The van der Waals surface area contributed by atoms with E-state index in [9.17, 15) is 4.79 Å². The van der Waals surface area contributed by atoms with Crippen molar-refractivity contribution in [3.05, 3.63) is 77.2 Å². The minimum absolute atomic E-state index is 0.181. The maximum atomic E-state index is 12.4. The first-order chi connectivity index (χ1) is 12.7. The third kappa shape index (κ3) is 3.57. The molecule has 4 aromatic rings. The summed E-state index contributed by atoms with van der Waals surface area (Å²) in [5.41, 5.74) is 2.60. The summed E-state index contributed by atoms with van der Waals surface area (Å²) >= 11 is 1.68. The second-order valence-electron chi connectivity index (χ2n) is 5.96. The van der Waals surface area contributed by atoms with Gasteiger partial charge in [0.15, 0.2) is 5.82 Å². The number of thiophene rings is 1. The average Bonchev–Trinajstić information content (AvgIpc) is 3.38. The molecule has 0 aliphatic heterocycles. The molecule has 0 fully saturated rings. The molecule has 6 nitrogen and oxygen atoms in total. The van der Waals surface area contributed by atoms with Gasteiger partial charge >= 0.3 is 0 Å². The SMILES string of the molecule is Cc1ccc(-c2cc(NC(=O)c3ccc(Cn4ccnc4)cc3)n[nH]2)s1. The van der Waals surface area contributed by atoms with E-state index in [1.165, 1.54) is 4.88 Å². The largest absolute Gasteiger partial charge is 0.333 e. The summed E-state index contributed by atoms with van der Waals surface area (Å²) < 4.78 is 1.98. The maximum Gasteiger partial charge on any atom is 0.256 e. The fourth-order valence-electron chi connectivity index (χ4n) is 2.63. The third-order valence-corrected chi connectivity index (χ3v) is 5.00. The van der Waals surface area contributed by atoms with Crippen LogP contribution in [0.1, 0.15) is 20.8 Å². The number of carbonyl (C=O) groups is 1. The Hall–Kier alpha value is -3.19. The molecular formula is C19H17N5OS. The lowest BCUT2D eigenvalue weighted by Gasteiger charge is -2.05. The summed E-state index contributed by atoms with van der Waals surface area (Å²) in [6, 6.07) is 13.5. The lowest BCUT2D eigenvalue weighted by molar-refractivity contribution is 0.102. The number of amides is 1. The molecule has 0 spiro atoms. The van der Waals surface area contributed by atoms with Crippen molar-refractivity contribution in [1.82, 2.24) is 19.7 Å². The fourth-order valence-corrected chi connectivity index (χ4v) is 3.47. The molecule has 0 unspecified atom stereocenters. The number of nitrogens with zero attached hydrogens (tertiary/aromatic N) is 3. The first-order valence-electron chi connectivity index (χ1n) is 8.15. The first kappa shape index (κ1) is 16.3. The number of hydrogen-bond donors (Lipinski definition) is 2. The zero-order valence-electron chi connectivity index (χ0n) is 14.1. The number of carbonyl (C=O) groups excluding carboxylic acids is 1. The number of rotatable bonds is 5. The monoisotopic (exact) mass is 363 g/mol. The molecule has 0 atom stereocenters. The van der Waals surface area contributed by atoms with Gasteiger partial charge in [-0.3, -0.25) is 9.89 Å². The van der Waals surface area contributed by atoms with E-state index in [0.29, 0.717) is 11.4 Å². The van der Waals surface area contributed by atoms with Gasteiger partial charge in [0.25, 0.3) is 5.91 Å². The van der Waals surface area contributed by atoms with Crippen molar-refractivity contribution in [2.45, 2.75) is 13.5 Å². The quantitative estimate of drug-likeness (QED) is 0.564. The lowest BCUT2D eigenvalue weighted by atomic mass is 10.1. The van der Waals surface area contributed by atoms with Crippen LogP contribution in [-0.4, -0.2) is 25.7 Å². The number of H-pyrrole nitrogens is 1. The van der Waals surface area contributed by atoms with Crippen LogP contribution in [0.3, 0.4) is 0 Å². The Balaban J connectivity index is 1.42. The molecule has 0 aliphatic carbocycles. The van der Waals surface area contributed by atoms with E-state index < -0.39 is 0 Å². The average molecular weight is 363 g/mol. The number of hydrogen-bond acceptors (Lipinski definition) is 4. The molecule has 4 rings (SSSR count). The van der Waals surface area contributed by atoms with Gasteiger partial charge in [0, 0.05) is 35.4 Å². The van der Waals surface area contributed by atoms with Crippen LogP contribution >= 0.6 is 11.3 Å². The first-order valence-corrected chi connectivity index (χ1v) is 8.97. The van der Waals surface area contributed by atoms with Crippen molar-refractivity contribution in [3.63, 3.8) is 0 Å². The van der Waals surface area contributed by atoms with Gasteiger partial charge in [0.1, 0.15) is 0 Å². The number of nitrogens with one attached hydrogen (secondary N) is 2. The molecule has 0 saturated carbocycles. The Bertz CT molecular complexity index is 1010. The van der Waals surface area contributed by atoms with Crippen LogP contribution in [0.15, 0.2) is 61.2 Å². The number of aromatic nitrogens is 4. The van der Waals surface area contributed by atoms with Crippen molar-refractivity contribution in [3.8, 4) is 10.6 Å². The van der Waals surface area contributed by atoms with Gasteiger partial charge in [-0.2, -0.15) is 5.10 Å². The van der Waals surface area contributed by atoms with E-state index in [1.54, 1.807) is 23.9 Å². The number of aryl methyl sites for hydroxylation is 1. The van der Waals surface area contributed by atoms with E-state index in [0.717, 1.165) is 22.7 Å². The maximum absolute atomic E-state index is 12.4. The highest BCUT2D eigenvalue weighted by Gasteiger charge is 2.10. The topological polar surface area (TPSA) is 75.6 Å². The van der Waals surface area contributed by atoms with E-state index in [2.05, 4.69) is 33.5 Å². The van der Waals surface area contributed by atoms with E-state index in [-0.39, 0.29) is 5.91 Å². The van der Waals surface area contributed by atoms with Gasteiger partial charge in [-0.25, -0.2) is 4.98 Å². The molecule has 3 aromatic heterocycles. The number of aromatic amines is 1. The standard InChI is InChI=1S/C19H17N5OS/c1-13-2-7-17(26-13)16-10-18(23-22-16)21-19(25)15-5-3-14(4-6-15)11-24-9-8-20-12-24/h2-10,12H,11H2,1H3,(H2,21,22,23,25). The number of imidazole rings is 1. The summed E-state index contributed by atoms with van der Waals surface area (Å²) in [5, 5.41) is 9.97. The molecule has 0 radical (unpaired) electrons. The highest BCUT2D eigenvalue weighted by atomic mass is 32.1. The van der Waals surface area contributed by atoms with Gasteiger partial charge in [0.2, 0.25) is 0 Å². The zero-order chi connectivity index (χ0) is 17.9. The summed E-state index contributed by atoms with van der Waals surface area (Å²) in [6.45, 7) is 2.79. The predicted octanol–water partition coefficient (Wildman–Crippen LogP) is 3.94. The normalized spacial score (nSPS) is 10.8. The smallest absolute Gasteiger partial charge is 0.256 e. The van der Waals surface area contributed by atoms with E-state index in [4.69, 9.17) is 0 Å². The number of anilines is 1. The van der Waals surface area contributed by atoms with Crippen LogP contribution in [0.25, 0.3) is 10.6 Å². The molecule has 7 heteroatoms. The summed E-state index contributed by atoms with van der Waals surface area (Å²) in [5.74, 6) is 0.332. The third-order valence-electron chi connectivity index (χ3n) is 3.97. The highest BCUT2D eigenvalue weighted by molar-refractivity contribution is 7.15. The highest BCUT2D eigenvalue weighted by Crippen LogP contribution is 2.27. The Morgan fingerprint density at radius 1 is 1.23 bits per heavy atom. The molecule has 0 saturated heterocycles. The number of benzene rings is 1. The summed E-state index contributed by atoms with van der Waals surface area (Å²) in [4.78, 5) is 18.8. The molecule has 26 heavy (non-hydrogen) atoms. The van der Waals surface area contributed by atoms with Gasteiger partial charge in [-0.15, -0.1) is 11.3 Å². The van der Waals surface area contributed by atoms with Crippen LogP contribution in [0.4, 0.5) is 5.82 Å². The molecule has 1 amide bonds. The van der Waals surface area contributed by atoms with Crippen LogP contribution < -0.4 is 5.32 Å². The van der Waals surface area contributed by atoms with Crippen molar-refractivity contribution in [2.75, 3.05) is 5.32 Å². The molecule has 130 valence electrons. The molecule has 3 heterocycles. The summed E-state index contributed by atoms with van der Waals surface area (Å²) in [6.07, 6.45) is 5.42. The minimum atomic E-state index is -0.181. The second-order valence-corrected chi connectivity index (χ2v) is 7.25. The van der Waals surface area contributed by atoms with Gasteiger partial charge in [-0.05, 0) is 36.8 Å². The van der Waals surface area contributed by atoms with Gasteiger partial charge < -0.3 is 9.88 Å². The Morgan fingerprint density at radius 2 is 2.08 bits per heavy atom. The summed E-state index contributed by atoms with van der Waals surface area (Å²) in [7, 11) is 0. The van der Waals surface area contributed by atoms with Crippen molar-refractivity contribution in [1.29, 1.82) is 0 Å². The minimum Gasteiger partial charge on any atom is -0.333 e. The molecule has 0 bridgehead atoms. The van der Waals surface area contributed by atoms with Gasteiger partial charge in [0.05, 0.1) is 16.9 Å². The zero-order valence-corrected chi connectivity index (χ0v) is 15.0. The van der Waals surface area contributed by atoms with Crippen LogP contribution in [0, 0.1) is 6.92 Å². The van der Waals surface area contributed by atoms with Crippen LogP contribution in [0.2, 0.25) is 0 Å². The molecule has 2 N–H and O–H groups in total. The van der Waals surface area contributed by atoms with Crippen LogP contribution in [-0.2, 0) is 6.54 Å². The van der Waals surface area contributed by atoms with E-state index >= 15 is 0 Å². The van der Waals surface area contributed by atoms with Crippen molar-refractivity contribution >= 4 is 23.1 Å². The molecular weight excluding hydrogens is 346 g/mol.